The van der Waals surface area contributed by atoms with Crippen molar-refractivity contribution < 1.29 is 9.47 Å². The number of ether oxygens (including phenoxy) is 2. The monoisotopic (exact) mass is 367 g/mol. The zero-order chi connectivity index (χ0) is 18.8. The lowest BCUT2D eigenvalue weighted by Crippen LogP contribution is -2.14. The normalized spacial score (nSPS) is 13.0. The summed E-state index contributed by atoms with van der Waals surface area (Å²) in [5.41, 5.74) is 10.7. The van der Waals surface area contributed by atoms with Crippen LogP contribution in [0.3, 0.4) is 0 Å². The van der Waals surface area contributed by atoms with Gasteiger partial charge in [-0.1, -0.05) is 0 Å². The molecule has 0 fully saturated rings. The highest BCUT2D eigenvalue weighted by Gasteiger charge is 2.21. The smallest absolute Gasteiger partial charge is 0.158 e. The van der Waals surface area contributed by atoms with Gasteiger partial charge in [0.15, 0.2) is 5.65 Å². The fourth-order valence-corrected chi connectivity index (χ4v) is 3.57. The minimum Gasteiger partial charge on any atom is -0.497 e. The van der Waals surface area contributed by atoms with Gasteiger partial charge in [-0.25, -0.2) is 4.98 Å². The second kappa shape index (κ2) is 7.44. The van der Waals surface area contributed by atoms with E-state index in [1.165, 1.54) is 11.3 Å². The standard InChI is InChI=1S/C20H25N5O2/c1-26-14-9-13(10-15(11-14)27-2)18-12-19-23-17-6-3-5-16(17)20(25(19)24-18)22-8-4-7-21/h9-12,22H,3-8,21H2,1-2H3. The number of nitrogens with two attached hydrogens (primary N) is 1. The van der Waals surface area contributed by atoms with Gasteiger partial charge in [-0.3, -0.25) is 0 Å². The number of aryl methyl sites for hydroxylation is 1. The molecule has 3 aromatic rings. The first-order valence-corrected chi connectivity index (χ1v) is 9.32. The van der Waals surface area contributed by atoms with Crippen molar-refractivity contribution in [1.29, 1.82) is 0 Å². The molecule has 0 aliphatic heterocycles. The Labute approximate surface area is 158 Å². The molecule has 2 aromatic heterocycles. The zero-order valence-electron chi connectivity index (χ0n) is 15.8. The number of nitrogens with one attached hydrogen (secondary N) is 1. The Kier molecular flexibility index (Phi) is 4.85. The van der Waals surface area contributed by atoms with Crippen molar-refractivity contribution in [2.75, 3.05) is 32.6 Å². The average molecular weight is 367 g/mol. The fraction of sp³-hybridized carbons (Fsp3) is 0.400. The third-order valence-electron chi connectivity index (χ3n) is 4.95. The number of nitrogens with zero attached hydrogens (tertiary/aromatic N) is 3. The van der Waals surface area contributed by atoms with Gasteiger partial charge >= 0.3 is 0 Å². The quantitative estimate of drug-likeness (QED) is 0.625. The third-order valence-corrected chi connectivity index (χ3v) is 4.95. The van der Waals surface area contributed by atoms with E-state index >= 15 is 0 Å². The van der Waals surface area contributed by atoms with Crippen molar-refractivity contribution in [2.45, 2.75) is 25.7 Å². The van der Waals surface area contributed by atoms with E-state index in [1.807, 2.05) is 28.8 Å². The van der Waals surface area contributed by atoms with E-state index in [2.05, 4.69) is 5.32 Å². The van der Waals surface area contributed by atoms with E-state index in [4.69, 9.17) is 25.3 Å². The first kappa shape index (κ1) is 17.6. The van der Waals surface area contributed by atoms with Gasteiger partial charge in [0.25, 0.3) is 0 Å². The molecule has 4 rings (SSSR count). The van der Waals surface area contributed by atoms with E-state index in [0.717, 1.165) is 66.4 Å². The number of fused-ring (bicyclic) bond motifs is 2. The maximum absolute atomic E-state index is 5.65. The predicted octanol–water partition coefficient (Wildman–Crippen LogP) is 2.66. The molecule has 7 heteroatoms. The number of hydrogen-bond acceptors (Lipinski definition) is 6. The maximum Gasteiger partial charge on any atom is 0.158 e. The van der Waals surface area contributed by atoms with Crippen LogP contribution >= 0.6 is 0 Å². The second-order valence-corrected chi connectivity index (χ2v) is 6.71. The first-order valence-electron chi connectivity index (χ1n) is 9.32. The molecule has 0 spiro atoms. The Balaban J connectivity index is 1.81. The molecule has 0 atom stereocenters. The Morgan fingerprint density at radius 3 is 2.59 bits per heavy atom. The van der Waals surface area contributed by atoms with Crippen LogP contribution in [0.5, 0.6) is 11.5 Å². The largest absolute Gasteiger partial charge is 0.497 e. The van der Waals surface area contributed by atoms with E-state index in [-0.39, 0.29) is 0 Å². The first-order chi connectivity index (χ1) is 13.2. The minimum atomic E-state index is 0.664. The summed E-state index contributed by atoms with van der Waals surface area (Å²) >= 11 is 0. The van der Waals surface area contributed by atoms with Gasteiger partial charge in [-0.05, 0) is 44.4 Å². The van der Waals surface area contributed by atoms with Gasteiger partial charge in [-0.2, -0.15) is 9.61 Å². The lowest BCUT2D eigenvalue weighted by Gasteiger charge is -2.12. The van der Waals surface area contributed by atoms with Gasteiger partial charge in [0.2, 0.25) is 0 Å². The summed E-state index contributed by atoms with van der Waals surface area (Å²) in [6.07, 6.45) is 4.11. The van der Waals surface area contributed by atoms with Crippen molar-refractivity contribution in [3.63, 3.8) is 0 Å². The summed E-state index contributed by atoms with van der Waals surface area (Å²) in [6, 6.07) is 7.78. The maximum atomic E-state index is 5.65. The van der Waals surface area contributed by atoms with Crippen molar-refractivity contribution >= 4 is 11.5 Å². The molecular weight excluding hydrogens is 342 g/mol. The molecule has 3 N–H and O–H groups in total. The number of hydrogen-bond donors (Lipinski definition) is 2. The molecule has 1 aliphatic carbocycles. The van der Waals surface area contributed by atoms with Crippen LogP contribution in [0.2, 0.25) is 0 Å². The number of methoxy groups -OCH3 is 2. The molecule has 1 aromatic carbocycles. The van der Waals surface area contributed by atoms with Gasteiger partial charge in [-0.15, -0.1) is 0 Å². The van der Waals surface area contributed by atoms with Gasteiger partial charge in [0.1, 0.15) is 17.3 Å². The summed E-state index contributed by atoms with van der Waals surface area (Å²) in [5, 5.41) is 8.37. The van der Waals surface area contributed by atoms with Crippen LogP contribution in [0.25, 0.3) is 16.9 Å². The van der Waals surface area contributed by atoms with Crippen LogP contribution in [0.4, 0.5) is 5.82 Å². The number of benzene rings is 1. The van der Waals surface area contributed by atoms with Crippen LogP contribution in [0.1, 0.15) is 24.1 Å². The van der Waals surface area contributed by atoms with E-state index in [0.29, 0.717) is 6.54 Å². The summed E-state index contributed by atoms with van der Waals surface area (Å²) in [6.45, 7) is 1.49. The van der Waals surface area contributed by atoms with E-state index < -0.39 is 0 Å². The molecular formula is C20H25N5O2. The molecule has 0 amide bonds. The van der Waals surface area contributed by atoms with Crippen molar-refractivity contribution in [2.24, 2.45) is 5.73 Å². The highest BCUT2D eigenvalue weighted by Crippen LogP contribution is 2.33. The molecule has 7 nitrogen and oxygen atoms in total. The summed E-state index contributed by atoms with van der Waals surface area (Å²) in [4.78, 5) is 4.85. The molecule has 0 saturated carbocycles. The molecule has 0 unspecified atom stereocenters. The Morgan fingerprint density at radius 2 is 1.89 bits per heavy atom. The Morgan fingerprint density at radius 1 is 1.11 bits per heavy atom. The molecule has 0 bridgehead atoms. The van der Waals surface area contributed by atoms with Crippen LogP contribution < -0.4 is 20.5 Å². The number of anilines is 1. The summed E-state index contributed by atoms with van der Waals surface area (Å²) < 4.78 is 12.7. The van der Waals surface area contributed by atoms with Crippen LogP contribution in [-0.2, 0) is 12.8 Å². The molecule has 27 heavy (non-hydrogen) atoms. The minimum absolute atomic E-state index is 0.664. The van der Waals surface area contributed by atoms with Gasteiger partial charge in [0.05, 0.1) is 19.9 Å². The number of rotatable bonds is 7. The zero-order valence-corrected chi connectivity index (χ0v) is 15.8. The molecule has 142 valence electrons. The van der Waals surface area contributed by atoms with E-state index in [9.17, 15) is 0 Å². The molecule has 1 aliphatic rings. The summed E-state index contributed by atoms with van der Waals surface area (Å²) in [7, 11) is 3.29. The van der Waals surface area contributed by atoms with Crippen molar-refractivity contribution in [1.82, 2.24) is 14.6 Å². The fourth-order valence-electron chi connectivity index (χ4n) is 3.57. The lowest BCUT2D eigenvalue weighted by atomic mass is 10.1. The van der Waals surface area contributed by atoms with Gasteiger partial charge < -0.3 is 20.5 Å². The number of aromatic nitrogens is 3. The average Bonchev–Trinajstić information content (AvgIpc) is 3.33. The Hall–Kier alpha value is -2.80. The third kappa shape index (κ3) is 3.30. The van der Waals surface area contributed by atoms with Crippen LogP contribution in [0, 0.1) is 0 Å². The summed E-state index contributed by atoms with van der Waals surface area (Å²) in [5.74, 6) is 2.51. The second-order valence-electron chi connectivity index (χ2n) is 6.71. The molecule has 0 radical (unpaired) electrons. The van der Waals surface area contributed by atoms with Gasteiger partial charge in [0, 0.05) is 35.5 Å². The lowest BCUT2D eigenvalue weighted by molar-refractivity contribution is 0.394. The van der Waals surface area contributed by atoms with Crippen molar-refractivity contribution in [3.8, 4) is 22.8 Å². The Bertz CT molecular complexity index is 944. The van der Waals surface area contributed by atoms with Crippen LogP contribution in [0.15, 0.2) is 24.3 Å². The molecule has 2 heterocycles. The van der Waals surface area contributed by atoms with Crippen molar-refractivity contribution in [3.05, 3.63) is 35.5 Å². The van der Waals surface area contributed by atoms with E-state index in [1.54, 1.807) is 14.2 Å². The topological polar surface area (TPSA) is 86.7 Å². The SMILES string of the molecule is COc1cc(OC)cc(-c2cc3nc4c(c(NCCCN)n3n2)CCC4)c1. The molecule has 0 saturated heterocycles. The predicted molar refractivity (Wildman–Crippen MR) is 106 cm³/mol. The highest BCUT2D eigenvalue weighted by atomic mass is 16.5. The van der Waals surface area contributed by atoms with Crippen LogP contribution in [-0.4, -0.2) is 41.9 Å². The highest BCUT2D eigenvalue weighted by molar-refractivity contribution is 5.69.